The molecule has 110 valence electrons. The molecule has 3 nitrogen and oxygen atoms in total. The lowest BCUT2D eigenvalue weighted by atomic mass is 10.1. The average molecular weight is 360 g/mol. The van der Waals surface area contributed by atoms with Crippen molar-refractivity contribution < 1.29 is 23.1 Å². The van der Waals surface area contributed by atoms with Gasteiger partial charge >= 0.3 is 6.18 Å². The Morgan fingerprint density at radius 3 is 2.48 bits per heavy atom. The standard InChI is InChI=1S/C14H9BrF3NO2/c15-11-5-4-8(6-12(11)20)13(21)19-10-3-1-2-9(7-10)14(16,17)18/h1-7,20H,(H,19,21). The zero-order chi connectivity index (χ0) is 15.6. The maximum absolute atomic E-state index is 12.6. The fraction of sp³-hybridized carbons (Fsp3) is 0.0714. The molecular formula is C14H9BrF3NO2. The normalized spacial score (nSPS) is 11.2. The summed E-state index contributed by atoms with van der Waals surface area (Å²) in [6, 6.07) is 8.44. The molecule has 0 saturated heterocycles. The van der Waals surface area contributed by atoms with Gasteiger partial charge in [-0.05, 0) is 52.3 Å². The van der Waals surface area contributed by atoms with Gasteiger partial charge in [0.25, 0.3) is 5.91 Å². The van der Waals surface area contributed by atoms with Crippen LogP contribution in [-0.4, -0.2) is 11.0 Å². The molecule has 0 heterocycles. The molecule has 0 aliphatic carbocycles. The van der Waals surface area contributed by atoms with Crippen LogP contribution in [0.3, 0.4) is 0 Å². The van der Waals surface area contributed by atoms with Gasteiger partial charge in [0.05, 0.1) is 10.0 Å². The van der Waals surface area contributed by atoms with Crippen molar-refractivity contribution in [3.63, 3.8) is 0 Å². The van der Waals surface area contributed by atoms with E-state index in [1.54, 1.807) is 0 Å². The summed E-state index contributed by atoms with van der Waals surface area (Å²) >= 11 is 3.07. The lowest BCUT2D eigenvalue weighted by Crippen LogP contribution is -2.13. The van der Waals surface area contributed by atoms with E-state index in [0.717, 1.165) is 12.1 Å². The third-order valence-corrected chi connectivity index (χ3v) is 3.33. The molecule has 1 amide bonds. The zero-order valence-corrected chi connectivity index (χ0v) is 12.0. The Labute approximate surface area is 126 Å². The van der Waals surface area contributed by atoms with Crippen LogP contribution in [0.15, 0.2) is 46.9 Å². The smallest absolute Gasteiger partial charge is 0.416 e. The van der Waals surface area contributed by atoms with Crippen LogP contribution < -0.4 is 5.32 Å². The minimum atomic E-state index is -4.48. The first-order valence-corrected chi connectivity index (χ1v) is 6.54. The first-order chi connectivity index (χ1) is 9.77. The van der Waals surface area contributed by atoms with Crippen molar-refractivity contribution in [1.29, 1.82) is 0 Å². The molecule has 0 spiro atoms. The Kier molecular flexibility index (Phi) is 4.22. The molecule has 7 heteroatoms. The highest BCUT2D eigenvalue weighted by molar-refractivity contribution is 9.10. The van der Waals surface area contributed by atoms with Gasteiger partial charge in [-0.3, -0.25) is 4.79 Å². The van der Waals surface area contributed by atoms with E-state index in [2.05, 4.69) is 21.2 Å². The lowest BCUT2D eigenvalue weighted by molar-refractivity contribution is -0.137. The van der Waals surface area contributed by atoms with Crippen molar-refractivity contribution in [3.05, 3.63) is 58.1 Å². The van der Waals surface area contributed by atoms with Gasteiger partial charge in [0.15, 0.2) is 0 Å². The molecule has 2 N–H and O–H groups in total. The number of benzene rings is 2. The first-order valence-electron chi connectivity index (χ1n) is 5.74. The number of halogens is 4. The van der Waals surface area contributed by atoms with Gasteiger partial charge in [0.2, 0.25) is 0 Å². The van der Waals surface area contributed by atoms with E-state index in [1.807, 2.05) is 0 Å². The number of carbonyl (C=O) groups is 1. The van der Waals surface area contributed by atoms with Crippen molar-refractivity contribution in [2.24, 2.45) is 0 Å². The molecular weight excluding hydrogens is 351 g/mol. The number of carbonyl (C=O) groups excluding carboxylic acids is 1. The van der Waals surface area contributed by atoms with Gasteiger partial charge in [0.1, 0.15) is 5.75 Å². The van der Waals surface area contributed by atoms with Crippen LogP contribution in [0.25, 0.3) is 0 Å². The van der Waals surface area contributed by atoms with Crippen LogP contribution in [0.4, 0.5) is 18.9 Å². The quantitative estimate of drug-likeness (QED) is 0.833. The molecule has 21 heavy (non-hydrogen) atoms. The van der Waals surface area contributed by atoms with Crippen LogP contribution in [0.5, 0.6) is 5.75 Å². The Morgan fingerprint density at radius 1 is 1.14 bits per heavy atom. The number of phenols is 1. The molecule has 0 saturated carbocycles. The summed E-state index contributed by atoms with van der Waals surface area (Å²) in [4.78, 5) is 11.9. The molecule has 0 fully saturated rings. The van der Waals surface area contributed by atoms with E-state index in [1.165, 1.54) is 30.3 Å². The second kappa shape index (κ2) is 5.77. The molecule has 0 aliphatic heterocycles. The maximum Gasteiger partial charge on any atom is 0.416 e. The molecule has 0 aromatic heterocycles. The van der Waals surface area contributed by atoms with Crippen LogP contribution in [0.2, 0.25) is 0 Å². The predicted molar refractivity (Wildman–Crippen MR) is 75.2 cm³/mol. The Bertz CT molecular complexity index is 686. The minimum absolute atomic E-state index is 0.0252. The lowest BCUT2D eigenvalue weighted by Gasteiger charge is -2.10. The van der Waals surface area contributed by atoms with Gasteiger partial charge in [0, 0.05) is 11.3 Å². The van der Waals surface area contributed by atoms with E-state index in [-0.39, 0.29) is 17.0 Å². The summed E-state index contributed by atoms with van der Waals surface area (Å²) in [6.07, 6.45) is -4.48. The maximum atomic E-state index is 12.6. The Morgan fingerprint density at radius 2 is 1.86 bits per heavy atom. The first kappa shape index (κ1) is 15.4. The highest BCUT2D eigenvalue weighted by Crippen LogP contribution is 2.31. The van der Waals surface area contributed by atoms with Gasteiger partial charge < -0.3 is 10.4 Å². The molecule has 0 aliphatic rings. The Balaban J connectivity index is 2.21. The Hall–Kier alpha value is -2.02. The number of phenolic OH excluding ortho intramolecular Hbond substituents is 1. The molecule has 2 aromatic carbocycles. The van der Waals surface area contributed by atoms with Gasteiger partial charge in [-0.15, -0.1) is 0 Å². The topological polar surface area (TPSA) is 49.3 Å². The third kappa shape index (κ3) is 3.75. The minimum Gasteiger partial charge on any atom is -0.507 e. The molecule has 0 radical (unpaired) electrons. The zero-order valence-electron chi connectivity index (χ0n) is 10.4. The summed E-state index contributed by atoms with van der Waals surface area (Å²) < 4.78 is 38.1. The van der Waals surface area contributed by atoms with Crippen molar-refractivity contribution in [2.75, 3.05) is 5.32 Å². The number of aromatic hydroxyl groups is 1. The van der Waals surface area contributed by atoms with Crippen LogP contribution in [0, 0.1) is 0 Å². The van der Waals surface area contributed by atoms with Crippen molar-refractivity contribution in [1.82, 2.24) is 0 Å². The van der Waals surface area contributed by atoms with Crippen LogP contribution in [-0.2, 0) is 6.18 Å². The van der Waals surface area contributed by atoms with Crippen molar-refractivity contribution >= 4 is 27.5 Å². The summed E-state index contributed by atoms with van der Waals surface area (Å²) in [5, 5.41) is 11.8. The summed E-state index contributed by atoms with van der Waals surface area (Å²) in [5.74, 6) is -0.746. The number of amides is 1. The summed E-state index contributed by atoms with van der Waals surface area (Å²) in [7, 11) is 0. The van der Waals surface area contributed by atoms with Crippen molar-refractivity contribution in [3.8, 4) is 5.75 Å². The van der Waals surface area contributed by atoms with E-state index in [0.29, 0.717) is 4.47 Å². The molecule has 2 rings (SSSR count). The highest BCUT2D eigenvalue weighted by atomic mass is 79.9. The number of alkyl halides is 3. The summed E-state index contributed by atoms with van der Waals surface area (Å²) in [6.45, 7) is 0. The SMILES string of the molecule is O=C(Nc1cccc(C(F)(F)F)c1)c1ccc(Br)c(O)c1. The van der Waals surface area contributed by atoms with E-state index in [4.69, 9.17) is 0 Å². The number of rotatable bonds is 2. The molecule has 0 unspecified atom stereocenters. The molecule has 0 atom stereocenters. The second-order valence-electron chi connectivity index (χ2n) is 4.20. The number of hydrogen-bond acceptors (Lipinski definition) is 2. The highest BCUT2D eigenvalue weighted by Gasteiger charge is 2.30. The third-order valence-electron chi connectivity index (χ3n) is 2.66. The fourth-order valence-corrected chi connectivity index (χ4v) is 1.88. The largest absolute Gasteiger partial charge is 0.507 e. The number of hydrogen-bond donors (Lipinski definition) is 2. The molecule has 2 aromatic rings. The van der Waals surface area contributed by atoms with E-state index >= 15 is 0 Å². The summed E-state index contributed by atoms with van der Waals surface area (Å²) in [5.41, 5.74) is -0.690. The van der Waals surface area contributed by atoms with E-state index < -0.39 is 17.6 Å². The van der Waals surface area contributed by atoms with Crippen molar-refractivity contribution in [2.45, 2.75) is 6.18 Å². The van der Waals surface area contributed by atoms with Gasteiger partial charge in [-0.2, -0.15) is 13.2 Å². The van der Waals surface area contributed by atoms with Gasteiger partial charge in [-0.1, -0.05) is 6.07 Å². The number of nitrogens with one attached hydrogen (secondary N) is 1. The fourth-order valence-electron chi connectivity index (χ4n) is 1.63. The van der Waals surface area contributed by atoms with Crippen LogP contribution in [0.1, 0.15) is 15.9 Å². The van der Waals surface area contributed by atoms with Crippen LogP contribution >= 0.6 is 15.9 Å². The average Bonchev–Trinajstić information content (AvgIpc) is 2.41. The predicted octanol–water partition coefficient (Wildman–Crippen LogP) is 4.43. The van der Waals surface area contributed by atoms with E-state index in [9.17, 15) is 23.1 Å². The van der Waals surface area contributed by atoms with Gasteiger partial charge in [-0.25, -0.2) is 0 Å². The second-order valence-corrected chi connectivity index (χ2v) is 5.05. The molecule has 0 bridgehead atoms. The monoisotopic (exact) mass is 359 g/mol. The number of anilines is 1.